The molecule has 14 heavy (non-hydrogen) atoms. The van der Waals surface area contributed by atoms with Crippen LogP contribution in [0.15, 0.2) is 0 Å². The van der Waals surface area contributed by atoms with Crippen LogP contribution in [0.2, 0.25) is 0 Å². The van der Waals surface area contributed by atoms with Crippen LogP contribution in [-0.4, -0.2) is 17.1 Å². The van der Waals surface area contributed by atoms with Gasteiger partial charge >= 0.3 is 5.97 Å². The summed E-state index contributed by atoms with van der Waals surface area (Å²) in [4.78, 5) is 10.4. The monoisotopic (exact) mass is 201 g/mol. The van der Waals surface area contributed by atoms with Crippen LogP contribution in [0.1, 0.15) is 46.5 Å². The summed E-state index contributed by atoms with van der Waals surface area (Å²) in [5.41, 5.74) is 5.75. The molecule has 0 unspecified atom stereocenters. The third-order valence-electron chi connectivity index (χ3n) is 2.58. The van der Waals surface area contributed by atoms with Gasteiger partial charge in [0, 0.05) is 6.04 Å². The average Bonchev–Trinajstić information content (AvgIpc) is 2.01. The molecule has 3 nitrogen and oxygen atoms in total. The van der Waals surface area contributed by atoms with Crippen LogP contribution in [0, 0.1) is 11.8 Å². The number of aliphatic carboxylic acids is 1. The summed E-state index contributed by atoms with van der Waals surface area (Å²) >= 11 is 0. The van der Waals surface area contributed by atoms with Gasteiger partial charge in [0.25, 0.3) is 0 Å². The van der Waals surface area contributed by atoms with E-state index in [-0.39, 0.29) is 12.5 Å². The van der Waals surface area contributed by atoms with Crippen molar-refractivity contribution >= 4 is 5.97 Å². The Bertz CT molecular complexity index is 169. The zero-order valence-electron chi connectivity index (χ0n) is 9.49. The minimum Gasteiger partial charge on any atom is -0.481 e. The number of rotatable bonds is 7. The van der Waals surface area contributed by atoms with Crippen molar-refractivity contribution in [2.24, 2.45) is 17.6 Å². The van der Waals surface area contributed by atoms with Crippen molar-refractivity contribution in [3.05, 3.63) is 0 Å². The molecule has 0 saturated carbocycles. The van der Waals surface area contributed by atoms with Gasteiger partial charge in [-0.05, 0) is 18.3 Å². The maximum absolute atomic E-state index is 10.4. The van der Waals surface area contributed by atoms with E-state index >= 15 is 0 Å². The van der Waals surface area contributed by atoms with Crippen LogP contribution in [0.3, 0.4) is 0 Å². The van der Waals surface area contributed by atoms with Crippen LogP contribution in [-0.2, 0) is 4.79 Å². The highest BCUT2D eigenvalue weighted by atomic mass is 16.4. The first kappa shape index (κ1) is 13.4. The van der Waals surface area contributed by atoms with E-state index in [0.29, 0.717) is 5.92 Å². The second-order valence-electron chi connectivity index (χ2n) is 4.56. The van der Waals surface area contributed by atoms with Crippen molar-refractivity contribution in [1.29, 1.82) is 0 Å². The molecule has 3 heteroatoms. The molecule has 0 amide bonds. The fourth-order valence-electron chi connectivity index (χ4n) is 1.46. The maximum atomic E-state index is 10.4. The van der Waals surface area contributed by atoms with Gasteiger partial charge in [0.15, 0.2) is 0 Å². The van der Waals surface area contributed by atoms with Gasteiger partial charge in [-0.3, -0.25) is 4.79 Å². The van der Waals surface area contributed by atoms with Crippen molar-refractivity contribution < 1.29 is 9.90 Å². The van der Waals surface area contributed by atoms with Crippen molar-refractivity contribution in [3.63, 3.8) is 0 Å². The fourth-order valence-corrected chi connectivity index (χ4v) is 1.46. The van der Waals surface area contributed by atoms with Crippen LogP contribution < -0.4 is 5.73 Å². The van der Waals surface area contributed by atoms with E-state index in [1.54, 1.807) is 0 Å². The highest BCUT2D eigenvalue weighted by Gasteiger charge is 2.15. The molecule has 0 aliphatic rings. The Hall–Kier alpha value is -0.570. The van der Waals surface area contributed by atoms with E-state index in [0.717, 1.165) is 18.8 Å². The molecule has 0 aromatic heterocycles. The van der Waals surface area contributed by atoms with Gasteiger partial charge in [-0.2, -0.15) is 0 Å². The number of hydrogen-bond donors (Lipinski definition) is 2. The van der Waals surface area contributed by atoms with Crippen molar-refractivity contribution in [3.8, 4) is 0 Å². The SMILES string of the molecule is CC(C)CCC[C@@H](C)[C@H](N)CC(=O)O. The quantitative estimate of drug-likeness (QED) is 0.664. The van der Waals surface area contributed by atoms with E-state index in [9.17, 15) is 4.79 Å². The van der Waals surface area contributed by atoms with E-state index in [2.05, 4.69) is 13.8 Å². The first-order valence-corrected chi connectivity index (χ1v) is 5.40. The predicted octanol–water partition coefficient (Wildman–Crippen LogP) is 2.25. The molecule has 0 aromatic carbocycles. The molecule has 0 spiro atoms. The molecule has 0 fully saturated rings. The lowest BCUT2D eigenvalue weighted by atomic mass is 9.92. The second kappa shape index (κ2) is 6.82. The molecule has 0 aliphatic carbocycles. The summed E-state index contributed by atoms with van der Waals surface area (Å²) in [5, 5.41) is 8.57. The lowest BCUT2D eigenvalue weighted by molar-refractivity contribution is -0.137. The maximum Gasteiger partial charge on any atom is 0.304 e. The van der Waals surface area contributed by atoms with Gasteiger partial charge < -0.3 is 10.8 Å². The van der Waals surface area contributed by atoms with Gasteiger partial charge in [0.2, 0.25) is 0 Å². The summed E-state index contributed by atoms with van der Waals surface area (Å²) in [7, 11) is 0. The summed E-state index contributed by atoms with van der Waals surface area (Å²) in [5.74, 6) is 0.232. The molecule has 0 aliphatic heterocycles. The summed E-state index contributed by atoms with van der Waals surface area (Å²) in [6.45, 7) is 6.43. The number of hydrogen-bond acceptors (Lipinski definition) is 2. The smallest absolute Gasteiger partial charge is 0.304 e. The molecule has 0 rings (SSSR count). The van der Waals surface area contributed by atoms with Crippen LogP contribution in [0.4, 0.5) is 0 Å². The van der Waals surface area contributed by atoms with Gasteiger partial charge in [0.05, 0.1) is 6.42 Å². The van der Waals surface area contributed by atoms with Crippen molar-refractivity contribution in [2.75, 3.05) is 0 Å². The molecule has 0 heterocycles. The van der Waals surface area contributed by atoms with Gasteiger partial charge in [-0.15, -0.1) is 0 Å². The predicted molar refractivity (Wildman–Crippen MR) is 58.1 cm³/mol. The third-order valence-corrected chi connectivity index (χ3v) is 2.58. The molecule has 2 atom stereocenters. The minimum absolute atomic E-state index is 0.0862. The number of carboxylic acid groups (broad SMARTS) is 1. The molecular weight excluding hydrogens is 178 g/mol. The van der Waals surface area contributed by atoms with Gasteiger partial charge in [0.1, 0.15) is 0 Å². The fraction of sp³-hybridized carbons (Fsp3) is 0.909. The third kappa shape index (κ3) is 6.89. The summed E-state index contributed by atoms with van der Waals surface area (Å²) in [6.07, 6.45) is 3.46. The summed E-state index contributed by atoms with van der Waals surface area (Å²) < 4.78 is 0. The highest BCUT2D eigenvalue weighted by molar-refractivity contribution is 5.67. The molecule has 0 aromatic rings. The largest absolute Gasteiger partial charge is 0.481 e. The topological polar surface area (TPSA) is 63.3 Å². The minimum atomic E-state index is -0.798. The van der Waals surface area contributed by atoms with Gasteiger partial charge in [-0.25, -0.2) is 0 Å². The van der Waals surface area contributed by atoms with E-state index in [1.807, 2.05) is 6.92 Å². The molecular formula is C11H23NO2. The van der Waals surface area contributed by atoms with E-state index in [4.69, 9.17) is 10.8 Å². The van der Waals surface area contributed by atoms with E-state index < -0.39 is 5.97 Å². The standard InChI is InChI=1S/C11H23NO2/c1-8(2)5-4-6-9(3)10(12)7-11(13)14/h8-10H,4-7,12H2,1-3H3,(H,13,14)/t9-,10-/m1/s1. The lowest BCUT2D eigenvalue weighted by Crippen LogP contribution is -2.30. The first-order chi connectivity index (χ1) is 6.43. The van der Waals surface area contributed by atoms with E-state index in [1.165, 1.54) is 6.42 Å². The second-order valence-corrected chi connectivity index (χ2v) is 4.56. The molecule has 3 N–H and O–H groups in total. The summed E-state index contributed by atoms with van der Waals surface area (Å²) in [6, 6.07) is -0.195. The van der Waals surface area contributed by atoms with Gasteiger partial charge in [-0.1, -0.05) is 33.6 Å². The Morgan fingerprint density at radius 2 is 1.86 bits per heavy atom. The normalized spacial score (nSPS) is 15.5. The van der Waals surface area contributed by atoms with Crippen LogP contribution in [0.25, 0.3) is 0 Å². The molecule has 0 saturated heterocycles. The number of carboxylic acids is 1. The highest BCUT2D eigenvalue weighted by Crippen LogP contribution is 2.15. The lowest BCUT2D eigenvalue weighted by Gasteiger charge is -2.18. The van der Waals surface area contributed by atoms with Crippen LogP contribution >= 0.6 is 0 Å². The number of carbonyl (C=O) groups is 1. The zero-order chi connectivity index (χ0) is 11.1. The first-order valence-electron chi connectivity index (χ1n) is 5.40. The zero-order valence-corrected chi connectivity index (χ0v) is 9.49. The Balaban J connectivity index is 3.61. The Labute approximate surface area is 86.7 Å². The average molecular weight is 201 g/mol. The molecule has 0 bridgehead atoms. The van der Waals surface area contributed by atoms with Crippen LogP contribution in [0.5, 0.6) is 0 Å². The van der Waals surface area contributed by atoms with Crippen molar-refractivity contribution in [1.82, 2.24) is 0 Å². The van der Waals surface area contributed by atoms with Crippen molar-refractivity contribution in [2.45, 2.75) is 52.5 Å². The molecule has 0 radical (unpaired) electrons. The number of nitrogens with two attached hydrogens (primary N) is 1. The molecule has 84 valence electrons. The Morgan fingerprint density at radius 1 is 1.29 bits per heavy atom. The Morgan fingerprint density at radius 3 is 2.29 bits per heavy atom. The Kier molecular flexibility index (Phi) is 6.54.